The summed E-state index contributed by atoms with van der Waals surface area (Å²) in [7, 11) is 0. The monoisotopic (exact) mass is 291 g/mol. The molecule has 1 aliphatic carbocycles. The number of carbonyl (C=O) groups excluding carboxylic acids is 1. The summed E-state index contributed by atoms with van der Waals surface area (Å²) in [6.45, 7) is 5.54. The number of nitrogen functional groups attached to an aromatic ring is 1. The zero-order valence-electron chi connectivity index (χ0n) is 13.1. The molecule has 2 rings (SSSR count). The molecular formula is C16H25N3O2. The second kappa shape index (κ2) is 6.33. The molecule has 1 aliphatic rings. The summed E-state index contributed by atoms with van der Waals surface area (Å²) in [6, 6.07) is 2.00. The molecule has 0 unspecified atom stereocenters. The van der Waals surface area contributed by atoms with Gasteiger partial charge in [0.2, 0.25) is 0 Å². The Morgan fingerprint density at radius 1 is 1.33 bits per heavy atom. The number of anilines is 2. The summed E-state index contributed by atoms with van der Waals surface area (Å²) in [5.74, 6) is 0.186. The van der Waals surface area contributed by atoms with E-state index in [0.29, 0.717) is 23.1 Å². The van der Waals surface area contributed by atoms with Gasteiger partial charge >= 0.3 is 5.97 Å². The number of hydrogen-bond donors (Lipinski definition) is 2. The maximum Gasteiger partial charge on any atom is 0.342 e. The summed E-state index contributed by atoms with van der Waals surface area (Å²) < 4.78 is 5.43. The van der Waals surface area contributed by atoms with Gasteiger partial charge in [-0.1, -0.05) is 19.3 Å². The Balaban J connectivity index is 2.18. The Morgan fingerprint density at radius 2 is 2.00 bits per heavy atom. The predicted octanol–water partition coefficient (Wildman–Crippen LogP) is 3.36. The van der Waals surface area contributed by atoms with E-state index in [4.69, 9.17) is 10.5 Å². The van der Waals surface area contributed by atoms with Crippen LogP contribution >= 0.6 is 0 Å². The lowest BCUT2D eigenvalue weighted by Crippen LogP contribution is -2.27. The van der Waals surface area contributed by atoms with Crippen molar-refractivity contribution in [1.82, 2.24) is 4.98 Å². The van der Waals surface area contributed by atoms with Gasteiger partial charge in [-0.2, -0.15) is 0 Å². The summed E-state index contributed by atoms with van der Waals surface area (Å²) in [5, 5.41) is 3.38. The van der Waals surface area contributed by atoms with Crippen molar-refractivity contribution in [3.63, 3.8) is 0 Å². The zero-order valence-corrected chi connectivity index (χ0v) is 13.1. The molecule has 116 valence electrons. The van der Waals surface area contributed by atoms with E-state index < -0.39 is 5.60 Å². The number of nitrogens with zero attached hydrogens (tertiary/aromatic N) is 1. The molecule has 3 N–H and O–H groups in total. The highest BCUT2D eigenvalue weighted by Crippen LogP contribution is 2.25. The van der Waals surface area contributed by atoms with Crippen molar-refractivity contribution >= 4 is 17.5 Å². The molecule has 0 bridgehead atoms. The maximum atomic E-state index is 12.3. The summed E-state index contributed by atoms with van der Waals surface area (Å²) >= 11 is 0. The van der Waals surface area contributed by atoms with Crippen molar-refractivity contribution in [2.24, 2.45) is 0 Å². The third-order valence-electron chi connectivity index (χ3n) is 3.47. The molecule has 0 radical (unpaired) electrons. The number of carbonyl (C=O) groups is 1. The van der Waals surface area contributed by atoms with E-state index in [9.17, 15) is 4.79 Å². The van der Waals surface area contributed by atoms with E-state index in [1.807, 2.05) is 20.8 Å². The van der Waals surface area contributed by atoms with Gasteiger partial charge in [-0.3, -0.25) is 0 Å². The van der Waals surface area contributed by atoms with Gasteiger partial charge in [0.25, 0.3) is 0 Å². The molecule has 1 aromatic heterocycles. The fourth-order valence-corrected chi connectivity index (χ4v) is 2.52. The fraction of sp³-hybridized carbons (Fsp3) is 0.625. The number of nitrogens with one attached hydrogen (secondary N) is 1. The van der Waals surface area contributed by atoms with Crippen LogP contribution in [0.4, 0.5) is 11.5 Å². The Hall–Kier alpha value is -1.78. The molecule has 5 heteroatoms. The van der Waals surface area contributed by atoms with Gasteiger partial charge in [-0.05, 0) is 39.7 Å². The molecule has 0 atom stereocenters. The molecule has 0 aromatic carbocycles. The van der Waals surface area contributed by atoms with Gasteiger partial charge in [0.05, 0.1) is 11.9 Å². The highest BCUT2D eigenvalue weighted by atomic mass is 16.6. The molecule has 0 spiro atoms. The highest BCUT2D eigenvalue weighted by molar-refractivity contribution is 5.95. The fourth-order valence-electron chi connectivity index (χ4n) is 2.52. The molecule has 21 heavy (non-hydrogen) atoms. The summed E-state index contributed by atoms with van der Waals surface area (Å²) in [4.78, 5) is 16.6. The summed E-state index contributed by atoms with van der Waals surface area (Å²) in [5.41, 5.74) is 6.10. The minimum absolute atomic E-state index is 0.371. The van der Waals surface area contributed by atoms with Crippen molar-refractivity contribution < 1.29 is 9.53 Å². The van der Waals surface area contributed by atoms with Crippen LogP contribution in [0.15, 0.2) is 12.3 Å². The van der Waals surface area contributed by atoms with E-state index in [0.717, 1.165) is 12.8 Å². The Labute approximate surface area is 126 Å². The van der Waals surface area contributed by atoms with E-state index in [2.05, 4.69) is 10.3 Å². The third-order valence-corrected chi connectivity index (χ3v) is 3.47. The molecule has 1 saturated carbocycles. The molecule has 1 heterocycles. The van der Waals surface area contributed by atoms with Gasteiger partial charge < -0.3 is 15.8 Å². The highest BCUT2D eigenvalue weighted by Gasteiger charge is 2.23. The molecule has 1 aromatic rings. The van der Waals surface area contributed by atoms with Gasteiger partial charge in [-0.25, -0.2) is 9.78 Å². The Morgan fingerprint density at radius 3 is 2.62 bits per heavy atom. The van der Waals surface area contributed by atoms with E-state index in [-0.39, 0.29) is 5.97 Å². The average molecular weight is 291 g/mol. The molecule has 5 nitrogen and oxygen atoms in total. The predicted molar refractivity (Wildman–Crippen MR) is 84.3 cm³/mol. The van der Waals surface area contributed by atoms with Crippen molar-refractivity contribution in [1.29, 1.82) is 0 Å². The van der Waals surface area contributed by atoms with Crippen LogP contribution < -0.4 is 11.1 Å². The first kappa shape index (κ1) is 15.6. The first-order valence-electron chi connectivity index (χ1n) is 7.60. The van der Waals surface area contributed by atoms with E-state index >= 15 is 0 Å². The number of ether oxygens (including phenoxy) is 1. The first-order valence-corrected chi connectivity index (χ1v) is 7.60. The van der Waals surface area contributed by atoms with Gasteiger partial charge in [0.1, 0.15) is 17.0 Å². The number of nitrogens with two attached hydrogens (primary N) is 1. The van der Waals surface area contributed by atoms with Crippen LogP contribution in [0, 0.1) is 0 Å². The number of pyridine rings is 1. The normalized spacial score (nSPS) is 16.5. The zero-order chi connectivity index (χ0) is 15.5. The van der Waals surface area contributed by atoms with E-state index in [1.54, 1.807) is 12.3 Å². The minimum Gasteiger partial charge on any atom is -0.456 e. The van der Waals surface area contributed by atoms with Crippen LogP contribution in [0.2, 0.25) is 0 Å². The number of hydrogen-bond acceptors (Lipinski definition) is 5. The van der Waals surface area contributed by atoms with Crippen molar-refractivity contribution in [2.75, 3.05) is 11.1 Å². The largest absolute Gasteiger partial charge is 0.456 e. The van der Waals surface area contributed by atoms with Crippen LogP contribution in [-0.4, -0.2) is 22.6 Å². The van der Waals surface area contributed by atoms with Crippen LogP contribution in [0.5, 0.6) is 0 Å². The molecular weight excluding hydrogens is 266 g/mol. The SMILES string of the molecule is CC(C)(C)OC(=O)c1cc(N)cnc1NC1CCCCC1. The molecule has 1 fully saturated rings. The van der Waals surface area contributed by atoms with Crippen molar-refractivity contribution in [3.05, 3.63) is 17.8 Å². The lowest BCUT2D eigenvalue weighted by Gasteiger charge is -2.25. The maximum absolute atomic E-state index is 12.3. The quantitative estimate of drug-likeness (QED) is 0.835. The average Bonchev–Trinajstić information content (AvgIpc) is 2.40. The van der Waals surface area contributed by atoms with Crippen LogP contribution in [0.3, 0.4) is 0 Å². The van der Waals surface area contributed by atoms with E-state index in [1.165, 1.54) is 19.3 Å². The van der Waals surface area contributed by atoms with Crippen molar-refractivity contribution in [3.8, 4) is 0 Å². The number of esters is 1. The first-order chi connectivity index (χ1) is 9.85. The third kappa shape index (κ3) is 4.62. The smallest absolute Gasteiger partial charge is 0.342 e. The van der Waals surface area contributed by atoms with Gasteiger partial charge in [-0.15, -0.1) is 0 Å². The standard InChI is InChI=1S/C16H25N3O2/c1-16(2,3)21-15(20)13-9-11(17)10-18-14(13)19-12-7-5-4-6-8-12/h9-10,12H,4-8,17H2,1-3H3,(H,18,19). The van der Waals surface area contributed by atoms with Crippen LogP contribution in [0.25, 0.3) is 0 Å². The van der Waals surface area contributed by atoms with Crippen LogP contribution in [-0.2, 0) is 4.74 Å². The second-order valence-electron chi connectivity index (χ2n) is 6.65. The Bertz CT molecular complexity index is 503. The van der Waals surface area contributed by atoms with Gasteiger partial charge in [0, 0.05) is 6.04 Å². The second-order valence-corrected chi connectivity index (χ2v) is 6.65. The minimum atomic E-state index is -0.538. The van der Waals surface area contributed by atoms with Crippen molar-refractivity contribution in [2.45, 2.75) is 64.5 Å². The Kier molecular flexibility index (Phi) is 4.70. The number of rotatable bonds is 3. The lowest BCUT2D eigenvalue weighted by atomic mass is 9.95. The van der Waals surface area contributed by atoms with Crippen LogP contribution in [0.1, 0.15) is 63.2 Å². The lowest BCUT2D eigenvalue weighted by molar-refractivity contribution is 0.00703. The molecule has 0 aliphatic heterocycles. The molecule has 0 saturated heterocycles. The topological polar surface area (TPSA) is 77.2 Å². The van der Waals surface area contributed by atoms with Gasteiger partial charge in [0.15, 0.2) is 0 Å². The molecule has 0 amide bonds. The summed E-state index contributed by atoms with van der Waals surface area (Å²) in [6.07, 6.45) is 7.51. The number of aromatic nitrogens is 1.